The summed E-state index contributed by atoms with van der Waals surface area (Å²) in [6.07, 6.45) is 1.10. The Morgan fingerprint density at radius 1 is 1.43 bits per heavy atom. The Balaban J connectivity index is 2.09. The first-order valence-electron chi connectivity index (χ1n) is 4.54. The first-order valence-corrected chi connectivity index (χ1v) is 5.42. The molecule has 1 saturated heterocycles. The van der Waals surface area contributed by atoms with Gasteiger partial charge < -0.3 is 5.32 Å². The first kappa shape index (κ1) is 9.93. The smallest absolute Gasteiger partial charge is 0.288 e. The number of nitrogens with one attached hydrogen (secondary N) is 1. The summed E-state index contributed by atoms with van der Waals surface area (Å²) in [6.45, 7) is 1.02. The van der Waals surface area contributed by atoms with E-state index in [0.29, 0.717) is 22.7 Å². The average Bonchev–Trinajstić information content (AvgIpc) is 1.99. The van der Waals surface area contributed by atoms with Gasteiger partial charge in [-0.1, -0.05) is 23.9 Å². The van der Waals surface area contributed by atoms with Crippen molar-refractivity contribution in [2.45, 2.75) is 23.1 Å². The number of hydrogen-bond donors (Lipinski definition) is 1. The van der Waals surface area contributed by atoms with Gasteiger partial charge in [0, 0.05) is 10.9 Å². The normalized spacial score (nSPS) is 20.9. The van der Waals surface area contributed by atoms with Gasteiger partial charge in [-0.2, -0.15) is 8.78 Å². The molecule has 1 fully saturated rings. The van der Waals surface area contributed by atoms with Crippen molar-refractivity contribution in [3.05, 3.63) is 29.8 Å². The molecule has 0 bridgehead atoms. The molecule has 1 aromatic carbocycles. The van der Waals surface area contributed by atoms with Gasteiger partial charge in [0.05, 0.1) is 0 Å². The predicted octanol–water partition coefficient (Wildman–Crippen LogP) is 3.04. The van der Waals surface area contributed by atoms with Gasteiger partial charge in [-0.25, -0.2) is 0 Å². The molecule has 76 valence electrons. The summed E-state index contributed by atoms with van der Waals surface area (Å²) in [5, 5.41) is 3.25. The molecule has 1 aromatic rings. The van der Waals surface area contributed by atoms with Gasteiger partial charge in [-0.15, -0.1) is 0 Å². The Kier molecular flexibility index (Phi) is 3.03. The fourth-order valence-corrected chi connectivity index (χ4v) is 2.05. The molecule has 0 aromatic heterocycles. The van der Waals surface area contributed by atoms with Crippen molar-refractivity contribution >= 4 is 11.8 Å². The van der Waals surface area contributed by atoms with Gasteiger partial charge in [0.25, 0.3) is 5.76 Å². The molecule has 0 saturated carbocycles. The first-order chi connectivity index (χ1) is 6.75. The quantitative estimate of drug-likeness (QED) is 0.778. The standard InChI is InChI=1S/C10H11F2NS/c11-10(12)14-8-3-1-2-7(6-8)9-4-5-13-9/h1-3,6,9-10,13H,4-5H2. The maximum absolute atomic E-state index is 12.1. The summed E-state index contributed by atoms with van der Waals surface area (Å²) < 4.78 is 24.2. The monoisotopic (exact) mass is 215 g/mol. The Morgan fingerprint density at radius 2 is 2.21 bits per heavy atom. The third-order valence-corrected chi connectivity index (χ3v) is 3.01. The highest BCUT2D eigenvalue weighted by molar-refractivity contribution is 7.99. The van der Waals surface area contributed by atoms with Crippen molar-refractivity contribution in [2.24, 2.45) is 0 Å². The van der Waals surface area contributed by atoms with E-state index in [2.05, 4.69) is 5.32 Å². The number of alkyl halides is 2. The maximum Gasteiger partial charge on any atom is 0.288 e. The molecule has 1 aliphatic heterocycles. The van der Waals surface area contributed by atoms with Crippen LogP contribution in [-0.4, -0.2) is 12.3 Å². The van der Waals surface area contributed by atoms with Crippen molar-refractivity contribution in [3.8, 4) is 0 Å². The summed E-state index contributed by atoms with van der Waals surface area (Å²) in [5.74, 6) is -2.33. The SMILES string of the molecule is FC(F)Sc1cccc(C2CCN2)c1. The zero-order valence-corrected chi connectivity index (χ0v) is 8.36. The number of hydrogen-bond acceptors (Lipinski definition) is 2. The molecule has 14 heavy (non-hydrogen) atoms. The van der Waals surface area contributed by atoms with Crippen LogP contribution in [0.2, 0.25) is 0 Å². The van der Waals surface area contributed by atoms with Gasteiger partial charge in [-0.3, -0.25) is 0 Å². The summed E-state index contributed by atoms with van der Waals surface area (Å²) >= 11 is 0.603. The topological polar surface area (TPSA) is 12.0 Å². The summed E-state index contributed by atoms with van der Waals surface area (Å²) in [7, 11) is 0. The highest BCUT2D eigenvalue weighted by atomic mass is 32.2. The highest BCUT2D eigenvalue weighted by Crippen LogP contribution is 2.29. The zero-order valence-electron chi connectivity index (χ0n) is 7.54. The lowest BCUT2D eigenvalue weighted by Crippen LogP contribution is -2.34. The maximum atomic E-state index is 12.1. The van der Waals surface area contributed by atoms with Crippen LogP contribution in [0, 0.1) is 0 Å². The second-order valence-corrected chi connectivity index (χ2v) is 4.31. The molecule has 0 radical (unpaired) electrons. The van der Waals surface area contributed by atoms with Crippen LogP contribution >= 0.6 is 11.8 Å². The van der Waals surface area contributed by atoms with Crippen molar-refractivity contribution in [1.82, 2.24) is 5.32 Å². The number of halogens is 2. The van der Waals surface area contributed by atoms with E-state index in [4.69, 9.17) is 0 Å². The van der Waals surface area contributed by atoms with E-state index in [1.165, 1.54) is 0 Å². The van der Waals surface area contributed by atoms with Crippen LogP contribution in [0.25, 0.3) is 0 Å². The minimum absolute atomic E-state index is 0.369. The van der Waals surface area contributed by atoms with Gasteiger partial charge in [-0.05, 0) is 30.7 Å². The van der Waals surface area contributed by atoms with Crippen LogP contribution in [0.15, 0.2) is 29.2 Å². The number of benzene rings is 1. The summed E-state index contributed by atoms with van der Waals surface area (Å²) in [6, 6.07) is 7.74. The van der Waals surface area contributed by atoms with Gasteiger partial charge in [0.15, 0.2) is 0 Å². The third kappa shape index (κ3) is 2.25. The molecule has 4 heteroatoms. The van der Waals surface area contributed by atoms with Crippen LogP contribution in [0.5, 0.6) is 0 Å². The van der Waals surface area contributed by atoms with Crippen LogP contribution < -0.4 is 5.32 Å². The van der Waals surface area contributed by atoms with Gasteiger partial charge >= 0.3 is 0 Å². The lowest BCUT2D eigenvalue weighted by atomic mass is 9.98. The second kappa shape index (κ2) is 4.28. The zero-order chi connectivity index (χ0) is 9.97. The molecule has 1 unspecified atom stereocenters. The van der Waals surface area contributed by atoms with Crippen LogP contribution in [-0.2, 0) is 0 Å². The fourth-order valence-electron chi connectivity index (χ4n) is 1.48. The Morgan fingerprint density at radius 3 is 2.79 bits per heavy atom. The molecule has 1 heterocycles. The molecule has 2 rings (SSSR count). The third-order valence-electron chi connectivity index (χ3n) is 2.31. The minimum Gasteiger partial charge on any atom is -0.310 e. The van der Waals surface area contributed by atoms with Crippen molar-refractivity contribution < 1.29 is 8.78 Å². The molecule has 0 aliphatic carbocycles. The van der Waals surface area contributed by atoms with E-state index in [1.54, 1.807) is 6.07 Å². The fraction of sp³-hybridized carbons (Fsp3) is 0.400. The second-order valence-electron chi connectivity index (χ2n) is 3.25. The van der Waals surface area contributed by atoms with Crippen LogP contribution in [0.3, 0.4) is 0 Å². The molecular weight excluding hydrogens is 204 g/mol. The predicted molar refractivity (Wildman–Crippen MR) is 53.7 cm³/mol. The summed E-state index contributed by atoms with van der Waals surface area (Å²) in [5.41, 5.74) is 1.11. The molecule has 0 spiro atoms. The molecule has 0 amide bonds. The largest absolute Gasteiger partial charge is 0.310 e. The molecule has 1 atom stereocenters. The van der Waals surface area contributed by atoms with E-state index < -0.39 is 5.76 Å². The highest BCUT2D eigenvalue weighted by Gasteiger charge is 2.18. The van der Waals surface area contributed by atoms with E-state index in [0.717, 1.165) is 18.5 Å². The van der Waals surface area contributed by atoms with Crippen LogP contribution in [0.1, 0.15) is 18.0 Å². The molecular formula is C10H11F2NS. The number of rotatable bonds is 3. The van der Waals surface area contributed by atoms with E-state index >= 15 is 0 Å². The Bertz CT molecular complexity index is 313. The van der Waals surface area contributed by atoms with E-state index in [1.807, 2.05) is 18.2 Å². The molecule has 1 nitrogen and oxygen atoms in total. The minimum atomic E-state index is -2.33. The van der Waals surface area contributed by atoms with Crippen molar-refractivity contribution in [1.29, 1.82) is 0 Å². The van der Waals surface area contributed by atoms with Crippen molar-refractivity contribution in [2.75, 3.05) is 6.54 Å². The average molecular weight is 215 g/mol. The number of thioether (sulfide) groups is 1. The van der Waals surface area contributed by atoms with Gasteiger partial charge in [0.1, 0.15) is 0 Å². The summed E-state index contributed by atoms with van der Waals surface area (Å²) in [4.78, 5) is 0.645. The lowest BCUT2D eigenvalue weighted by molar-refractivity contribution is 0.252. The van der Waals surface area contributed by atoms with Crippen molar-refractivity contribution in [3.63, 3.8) is 0 Å². The van der Waals surface area contributed by atoms with Gasteiger partial charge in [0.2, 0.25) is 0 Å². The Hall–Kier alpha value is -0.610. The van der Waals surface area contributed by atoms with E-state index in [-0.39, 0.29) is 0 Å². The lowest BCUT2D eigenvalue weighted by Gasteiger charge is -2.28. The Labute approximate surface area is 85.9 Å². The molecule has 1 aliphatic rings. The van der Waals surface area contributed by atoms with Crippen LogP contribution in [0.4, 0.5) is 8.78 Å². The molecule has 1 N–H and O–H groups in total. The van der Waals surface area contributed by atoms with E-state index in [9.17, 15) is 8.78 Å².